The first-order valence-corrected chi connectivity index (χ1v) is 9.09. The number of nitrogens with two attached hydrogens (primary N) is 1. The maximum absolute atomic E-state index is 13.0. The molecule has 2 aromatic rings. The van der Waals surface area contributed by atoms with Crippen molar-refractivity contribution < 1.29 is 4.79 Å². The average molecular weight is 327 g/mol. The molecule has 2 heterocycles. The second kappa shape index (κ2) is 6.06. The van der Waals surface area contributed by atoms with Crippen molar-refractivity contribution in [1.82, 2.24) is 9.88 Å². The van der Waals surface area contributed by atoms with Crippen molar-refractivity contribution in [3.05, 3.63) is 41.4 Å². The molecule has 120 valence electrons. The molecule has 0 spiro atoms. The Morgan fingerprint density at radius 2 is 2.09 bits per heavy atom. The Balaban J connectivity index is 1.62. The first-order valence-electron chi connectivity index (χ1n) is 8.27. The van der Waals surface area contributed by atoms with Crippen LogP contribution in [0.3, 0.4) is 0 Å². The molecule has 0 saturated carbocycles. The number of hydrogen-bond acceptors (Lipinski definition) is 4. The van der Waals surface area contributed by atoms with Crippen LogP contribution in [0.5, 0.6) is 0 Å². The Hall–Kier alpha value is -1.72. The highest BCUT2D eigenvalue weighted by Gasteiger charge is 2.36. The van der Waals surface area contributed by atoms with E-state index < -0.39 is 0 Å². The minimum absolute atomic E-state index is 0.00543. The summed E-state index contributed by atoms with van der Waals surface area (Å²) in [6, 6.07) is 8.34. The van der Waals surface area contributed by atoms with Gasteiger partial charge in [0.1, 0.15) is 0 Å². The number of carbonyl (C=O) groups is 1. The fourth-order valence-electron chi connectivity index (χ4n) is 3.63. The molecule has 4 rings (SSSR count). The molecule has 1 saturated heterocycles. The lowest BCUT2D eigenvalue weighted by Gasteiger charge is -2.29. The van der Waals surface area contributed by atoms with Gasteiger partial charge in [0.25, 0.3) is 0 Å². The van der Waals surface area contributed by atoms with Crippen LogP contribution in [0.1, 0.15) is 30.2 Å². The number of rotatable bonds is 2. The maximum Gasteiger partial charge on any atom is 0.226 e. The quantitative estimate of drug-likeness (QED) is 0.863. The molecule has 1 aliphatic heterocycles. The second-order valence-corrected chi connectivity index (χ2v) is 7.57. The van der Waals surface area contributed by atoms with E-state index in [-0.39, 0.29) is 23.8 Å². The molecule has 1 fully saturated rings. The first kappa shape index (κ1) is 14.8. The van der Waals surface area contributed by atoms with Crippen LogP contribution >= 0.6 is 11.3 Å². The topological polar surface area (TPSA) is 59.2 Å². The summed E-state index contributed by atoms with van der Waals surface area (Å²) in [6.07, 6.45) is 6.96. The van der Waals surface area contributed by atoms with Gasteiger partial charge in [-0.3, -0.25) is 4.79 Å². The van der Waals surface area contributed by atoms with Crippen molar-refractivity contribution in [3.8, 4) is 0 Å². The van der Waals surface area contributed by atoms with Gasteiger partial charge in [0.2, 0.25) is 5.91 Å². The standard InChI is InChI=1S/C18H21N3OS/c19-12-9-10-21(11-12)18(22)14-6-2-1-5-13(14)17-20-15-7-3-4-8-16(15)23-17/h1-4,7-8,12-14H,5-6,9-11,19H2/t12-,13?,14?/m1/s1. The number of carbonyl (C=O) groups excluding carboxylic acids is 1. The third-order valence-electron chi connectivity index (χ3n) is 4.91. The normalized spacial score (nSPS) is 27.7. The number of fused-ring (bicyclic) bond motifs is 1. The van der Waals surface area contributed by atoms with E-state index in [2.05, 4.69) is 18.2 Å². The SMILES string of the molecule is N[C@@H]1CCN(C(=O)C2CC=CCC2c2nc3ccccc3s2)C1. The van der Waals surface area contributed by atoms with E-state index in [1.165, 1.54) is 4.70 Å². The highest BCUT2D eigenvalue weighted by Crippen LogP contribution is 2.39. The van der Waals surface area contributed by atoms with E-state index in [0.29, 0.717) is 6.54 Å². The molecule has 1 aromatic heterocycles. The molecule has 4 nitrogen and oxygen atoms in total. The molecule has 23 heavy (non-hydrogen) atoms. The molecule has 1 aromatic carbocycles. The molecular formula is C18H21N3OS. The minimum atomic E-state index is 0.00543. The fourth-order valence-corrected chi connectivity index (χ4v) is 4.78. The number of hydrogen-bond donors (Lipinski definition) is 1. The van der Waals surface area contributed by atoms with E-state index in [1.807, 2.05) is 23.1 Å². The summed E-state index contributed by atoms with van der Waals surface area (Å²) >= 11 is 1.73. The number of amides is 1. The highest BCUT2D eigenvalue weighted by atomic mass is 32.1. The maximum atomic E-state index is 13.0. The van der Waals surface area contributed by atoms with Crippen LogP contribution in [-0.4, -0.2) is 34.9 Å². The molecule has 3 atom stereocenters. The largest absolute Gasteiger partial charge is 0.341 e. The number of likely N-dealkylation sites (tertiary alicyclic amines) is 1. The highest BCUT2D eigenvalue weighted by molar-refractivity contribution is 7.18. The molecule has 5 heteroatoms. The van der Waals surface area contributed by atoms with Gasteiger partial charge in [-0.05, 0) is 31.4 Å². The van der Waals surface area contributed by atoms with E-state index in [9.17, 15) is 4.79 Å². The Labute approximate surface area is 140 Å². The summed E-state index contributed by atoms with van der Waals surface area (Å²) < 4.78 is 1.20. The smallest absolute Gasteiger partial charge is 0.226 e. The summed E-state index contributed by atoms with van der Waals surface area (Å²) in [5, 5.41) is 1.09. The zero-order chi connectivity index (χ0) is 15.8. The summed E-state index contributed by atoms with van der Waals surface area (Å²) in [6.45, 7) is 1.50. The van der Waals surface area contributed by atoms with E-state index in [0.717, 1.165) is 36.3 Å². The molecule has 0 radical (unpaired) electrons. The Morgan fingerprint density at radius 1 is 1.26 bits per heavy atom. The van der Waals surface area contributed by atoms with Crippen molar-refractivity contribution >= 4 is 27.5 Å². The van der Waals surface area contributed by atoms with Gasteiger partial charge in [-0.15, -0.1) is 11.3 Å². The van der Waals surface area contributed by atoms with Crippen molar-refractivity contribution in [3.63, 3.8) is 0 Å². The average Bonchev–Trinajstić information content (AvgIpc) is 3.20. The lowest BCUT2D eigenvalue weighted by Crippen LogP contribution is -2.39. The lowest BCUT2D eigenvalue weighted by atomic mass is 9.82. The van der Waals surface area contributed by atoms with Crippen LogP contribution in [0.2, 0.25) is 0 Å². The van der Waals surface area contributed by atoms with Gasteiger partial charge in [0, 0.05) is 25.0 Å². The zero-order valence-electron chi connectivity index (χ0n) is 13.0. The van der Waals surface area contributed by atoms with Gasteiger partial charge < -0.3 is 10.6 Å². The number of aromatic nitrogens is 1. The van der Waals surface area contributed by atoms with E-state index in [1.54, 1.807) is 11.3 Å². The first-order chi connectivity index (χ1) is 11.2. The molecule has 0 bridgehead atoms. The van der Waals surface area contributed by atoms with Crippen molar-refractivity contribution in [2.75, 3.05) is 13.1 Å². The summed E-state index contributed by atoms with van der Waals surface area (Å²) in [4.78, 5) is 19.7. The summed E-state index contributed by atoms with van der Waals surface area (Å²) in [5.41, 5.74) is 7.01. The van der Waals surface area contributed by atoms with Crippen LogP contribution in [0.25, 0.3) is 10.2 Å². The Morgan fingerprint density at radius 3 is 2.87 bits per heavy atom. The third kappa shape index (κ3) is 2.79. The monoisotopic (exact) mass is 327 g/mol. The molecule has 2 N–H and O–H groups in total. The number of para-hydroxylation sites is 1. The second-order valence-electron chi connectivity index (χ2n) is 6.51. The number of thiazole rings is 1. The Bertz CT molecular complexity index is 721. The molecule has 2 unspecified atom stereocenters. The summed E-state index contributed by atoms with van der Waals surface area (Å²) in [7, 11) is 0. The van der Waals surface area contributed by atoms with Gasteiger partial charge in [-0.25, -0.2) is 4.98 Å². The predicted octanol–water partition coefficient (Wildman–Crippen LogP) is 2.91. The summed E-state index contributed by atoms with van der Waals surface area (Å²) in [5.74, 6) is 0.458. The number of allylic oxidation sites excluding steroid dienone is 2. The molecular weight excluding hydrogens is 306 g/mol. The van der Waals surface area contributed by atoms with Gasteiger partial charge in [0.15, 0.2) is 0 Å². The van der Waals surface area contributed by atoms with Crippen LogP contribution in [0, 0.1) is 5.92 Å². The van der Waals surface area contributed by atoms with Crippen molar-refractivity contribution in [2.24, 2.45) is 11.7 Å². The molecule has 1 aliphatic carbocycles. The van der Waals surface area contributed by atoms with Gasteiger partial charge >= 0.3 is 0 Å². The lowest BCUT2D eigenvalue weighted by molar-refractivity contribution is -0.135. The number of benzene rings is 1. The Kier molecular flexibility index (Phi) is 3.91. The van der Waals surface area contributed by atoms with Crippen LogP contribution < -0.4 is 5.73 Å². The van der Waals surface area contributed by atoms with Crippen LogP contribution in [-0.2, 0) is 4.79 Å². The zero-order valence-corrected chi connectivity index (χ0v) is 13.8. The van der Waals surface area contributed by atoms with Gasteiger partial charge in [-0.2, -0.15) is 0 Å². The molecule has 2 aliphatic rings. The van der Waals surface area contributed by atoms with Gasteiger partial charge in [-0.1, -0.05) is 24.3 Å². The number of nitrogens with zero attached hydrogens (tertiary/aromatic N) is 2. The van der Waals surface area contributed by atoms with Crippen LogP contribution in [0.4, 0.5) is 0 Å². The van der Waals surface area contributed by atoms with Crippen LogP contribution in [0.15, 0.2) is 36.4 Å². The molecule has 1 amide bonds. The van der Waals surface area contributed by atoms with Crippen molar-refractivity contribution in [2.45, 2.75) is 31.2 Å². The predicted molar refractivity (Wildman–Crippen MR) is 93.4 cm³/mol. The van der Waals surface area contributed by atoms with E-state index >= 15 is 0 Å². The van der Waals surface area contributed by atoms with Crippen molar-refractivity contribution in [1.29, 1.82) is 0 Å². The third-order valence-corrected chi connectivity index (χ3v) is 6.08. The van der Waals surface area contributed by atoms with E-state index in [4.69, 9.17) is 10.7 Å². The van der Waals surface area contributed by atoms with Gasteiger partial charge in [0.05, 0.1) is 21.1 Å². The minimum Gasteiger partial charge on any atom is -0.341 e. The fraction of sp³-hybridized carbons (Fsp3) is 0.444.